The van der Waals surface area contributed by atoms with E-state index in [1.165, 1.54) is 25.3 Å². The lowest BCUT2D eigenvalue weighted by molar-refractivity contribution is 0.256. The lowest BCUT2D eigenvalue weighted by Crippen LogP contribution is -2.35. The van der Waals surface area contributed by atoms with E-state index in [0.29, 0.717) is 5.69 Å². The van der Waals surface area contributed by atoms with Gasteiger partial charge in [0.1, 0.15) is 17.3 Å². The maximum atomic E-state index is 12.7. The Morgan fingerprint density at radius 2 is 1.93 bits per heavy atom. The second-order valence-electron chi connectivity index (χ2n) is 6.03. The van der Waals surface area contributed by atoms with E-state index in [1.54, 1.807) is 43.6 Å². The van der Waals surface area contributed by atoms with Crippen molar-refractivity contribution in [2.75, 3.05) is 12.4 Å². The fourth-order valence-corrected chi connectivity index (χ4v) is 3.49. The van der Waals surface area contributed by atoms with Crippen molar-refractivity contribution in [3.63, 3.8) is 0 Å². The van der Waals surface area contributed by atoms with E-state index in [4.69, 9.17) is 9.47 Å². The van der Waals surface area contributed by atoms with Gasteiger partial charge in [0.25, 0.3) is 10.0 Å². The Morgan fingerprint density at radius 3 is 2.67 bits per heavy atom. The Balaban J connectivity index is 1.74. The van der Waals surface area contributed by atoms with Gasteiger partial charge in [-0.1, -0.05) is 18.2 Å². The topological polar surface area (TPSA) is 132 Å². The van der Waals surface area contributed by atoms with Crippen molar-refractivity contribution in [2.45, 2.75) is 18.4 Å². The van der Waals surface area contributed by atoms with Crippen molar-refractivity contribution in [2.24, 2.45) is 0 Å². The van der Waals surface area contributed by atoms with Crippen molar-refractivity contribution >= 4 is 22.0 Å². The first-order chi connectivity index (χ1) is 14.4. The van der Waals surface area contributed by atoms with Gasteiger partial charge in [-0.15, -0.1) is 0 Å². The van der Waals surface area contributed by atoms with Crippen LogP contribution in [0.5, 0.6) is 11.6 Å². The number of nitrogens with one attached hydrogen (secondary N) is 2. The number of ether oxygens (including phenoxy) is 2. The van der Waals surface area contributed by atoms with Crippen LogP contribution in [0, 0.1) is 6.92 Å². The molecule has 3 aromatic rings. The van der Waals surface area contributed by atoms with Gasteiger partial charge in [-0.3, -0.25) is 10.3 Å². The number of sulfonamides is 1. The number of hydrogen-bond donors (Lipinski definition) is 2. The van der Waals surface area contributed by atoms with Crippen LogP contribution < -0.4 is 19.5 Å². The number of amides is 2. The average molecular weight is 429 g/mol. The zero-order chi connectivity index (χ0) is 21.6. The molecule has 0 radical (unpaired) electrons. The molecular formula is C19H19N5O5S. The molecule has 11 heteroatoms. The number of para-hydroxylation sites is 1. The number of pyridine rings is 1. The van der Waals surface area contributed by atoms with Gasteiger partial charge in [0.15, 0.2) is 0 Å². The monoisotopic (exact) mass is 429 g/mol. The zero-order valence-electron chi connectivity index (χ0n) is 16.2. The van der Waals surface area contributed by atoms with Gasteiger partial charge in [-0.05, 0) is 25.1 Å². The number of carbonyl (C=O) groups is 1. The predicted octanol–water partition coefficient (Wildman–Crippen LogP) is 2.28. The Morgan fingerprint density at radius 1 is 1.13 bits per heavy atom. The highest BCUT2D eigenvalue weighted by molar-refractivity contribution is 7.90. The lowest BCUT2D eigenvalue weighted by Gasteiger charge is -2.13. The van der Waals surface area contributed by atoms with Gasteiger partial charge in [-0.25, -0.2) is 22.9 Å². The van der Waals surface area contributed by atoms with Gasteiger partial charge in [-0.2, -0.15) is 4.98 Å². The molecule has 0 atom stereocenters. The van der Waals surface area contributed by atoms with Gasteiger partial charge in [0.05, 0.1) is 7.11 Å². The molecule has 0 spiro atoms. The first-order valence-electron chi connectivity index (χ1n) is 8.71. The summed E-state index contributed by atoms with van der Waals surface area (Å²) in [6.07, 6.45) is 3.23. The van der Waals surface area contributed by atoms with Crippen molar-refractivity contribution in [3.05, 3.63) is 66.1 Å². The van der Waals surface area contributed by atoms with Crippen LogP contribution in [0.25, 0.3) is 0 Å². The standard InChI is InChI=1S/C19H19N5O5S/c1-13-10-17(28-2)22-18(21-13)23-19(25)24-30(26,27)16-8-4-3-7-15(16)29-12-14-6-5-9-20-11-14/h3-11H,12H2,1-2H3,(H2,21,22,23,24,25). The molecule has 2 heterocycles. The maximum absolute atomic E-state index is 12.7. The van der Waals surface area contributed by atoms with E-state index in [2.05, 4.69) is 20.3 Å². The summed E-state index contributed by atoms with van der Waals surface area (Å²) >= 11 is 0. The third-order valence-corrected chi connectivity index (χ3v) is 5.12. The maximum Gasteiger partial charge on any atom is 0.335 e. The normalized spacial score (nSPS) is 10.9. The molecule has 0 aliphatic carbocycles. The molecular weight excluding hydrogens is 410 g/mol. The Labute approximate surface area is 173 Å². The summed E-state index contributed by atoms with van der Waals surface area (Å²) < 4.78 is 38.0. The van der Waals surface area contributed by atoms with Crippen molar-refractivity contribution < 1.29 is 22.7 Å². The van der Waals surface area contributed by atoms with Crippen LogP contribution in [-0.2, 0) is 16.6 Å². The summed E-state index contributed by atoms with van der Waals surface area (Å²) in [4.78, 5) is 24.0. The van der Waals surface area contributed by atoms with Crippen LogP contribution in [0.4, 0.5) is 10.7 Å². The summed E-state index contributed by atoms with van der Waals surface area (Å²) in [7, 11) is -2.81. The molecule has 0 aliphatic heterocycles. The van der Waals surface area contributed by atoms with Crippen LogP contribution in [0.15, 0.2) is 59.8 Å². The Hall–Kier alpha value is -3.73. The number of aryl methyl sites for hydroxylation is 1. The smallest absolute Gasteiger partial charge is 0.335 e. The number of methoxy groups -OCH3 is 1. The number of carbonyl (C=O) groups excluding carboxylic acids is 1. The van der Waals surface area contributed by atoms with E-state index < -0.39 is 16.1 Å². The highest BCUT2D eigenvalue weighted by Gasteiger charge is 2.22. The molecule has 0 saturated carbocycles. The van der Waals surface area contributed by atoms with Crippen LogP contribution in [-0.4, -0.2) is 36.5 Å². The van der Waals surface area contributed by atoms with Gasteiger partial charge in [0, 0.05) is 29.7 Å². The largest absolute Gasteiger partial charge is 0.487 e. The first kappa shape index (κ1) is 21.0. The molecule has 0 saturated heterocycles. The van der Waals surface area contributed by atoms with E-state index >= 15 is 0 Å². The lowest BCUT2D eigenvalue weighted by atomic mass is 10.3. The number of rotatable bonds is 7. The Kier molecular flexibility index (Phi) is 6.42. The molecule has 0 unspecified atom stereocenters. The van der Waals surface area contributed by atoms with Crippen molar-refractivity contribution in [1.82, 2.24) is 19.7 Å². The van der Waals surface area contributed by atoms with Crippen LogP contribution in [0.1, 0.15) is 11.3 Å². The number of hydrogen-bond acceptors (Lipinski definition) is 8. The minimum Gasteiger partial charge on any atom is -0.487 e. The Bertz CT molecular complexity index is 1140. The summed E-state index contributed by atoms with van der Waals surface area (Å²) in [5.41, 5.74) is 1.30. The molecule has 10 nitrogen and oxygen atoms in total. The van der Waals surface area contributed by atoms with Crippen LogP contribution in [0.2, 0.25) is 0 Å². The number of anilines is 1. The van der Waals surface area contributed by atoms with Crippen molar-refractivity contribution in [3.8, 4) is 11.6 Å². The number of aromatic nitrogens is 3. The van der Waals surface area contributed by atoms with E-state index in [-0.39, 0.29) is 29.1 Å². The minimum absolute atomic E-state index is 0.0927. The second kappa shape index (κ2) is 9.18. The molecule has 0 fully saturated rings. The number of nitrogens with zero attached hydrogens (tertiary/aromatic N) is 3. The third kappa shape index (κ3) is 5.41. The fraction of sp³-hybridized carbons (Fsp3) is 0.158. The van der Waals surface area contributed by atoms with Crippen LogP contribution >= 0.6 is 0 Å². The van der Waals surface area contributed by atoms with E-state index in [1.807, 2.05) is 4.72 Å². The van der Waals surface area contributed by atoms with Gasteiger partial charge in [0.2, 0.25) is 11.8 Å². The fourth-order valence-electron chi connectivity index (χ4n) is 2.44. The molecule has 2 amide bonds. The summed E-state index contributed by atoms with van der Waals surface area (Å²) in [6.45, 7) is 1.80. The zero-order valence-corrected chi connectivity index (χ0v) is 17.0. The SMILES string of the molecule is COc1cc(C)nc(NC(=O)NS(=O)(=O)c2ccccc2OCc2cccnc2)n1. The van der Waals surface area contributed by atoms with Gasteiger partial charge >= 0.3 is 6.03 Å². The summed E-state index contributed by atoms with van der Waals surface area (Å²) in [5, 5.41) is 2.28. The van der Waals surface area contributed by atoms with Crippen molar-refractivity contribution in [1.29, 1.82) is 0 Å². The predicted molar refractivity (Wildman–Crippen MR) is 108 cm³/mol. The highest BCUT2D eigenvalue weighted by Crippen LogP contribution is 2.24. The molecule has 1 aromatic carbocycles. The molecule has 2 N–H and O–H groups in total. The molecule has 3 rings (SSSR count). The molecule has 30 heavy (non-hydrogen) atoms. The summed E-state index contributed by atoms with van der Waals surface area (Å²) in [6, 6.07) is 10.1. The second-order valence-corrected chi connectivity index (χ2v) is 7.68. The average Bonchev–Trinajstić information content (AvgIpc) is 2.72. The molecule has 2 aromatic heterocycles. The molecule has 156 valence electrons. The minimum atomic E-state index is -4.23. The third-order valence-electron chi connectivity index (χ3n) is 3.75. The summed E-state index contributed by atoms with van der Waals surface area (Å²) in [5.74, 6) is 0.227. The number of urea groups is 1. The van der Waals surface area contributed by atoms with E-state index in [9.17, 15) is 13.2 Å². The van der Waals surface area contributed by atoms with E-state index in [0.717, 1.165) is 5.56 Å². The molecule has 0 bridgehead atoms. The van der Waals surface area contributed by atoms with Crippen LogP contribution in [0.3, 0.4) is 0 Å². The number of benzene rings is 1. The first-order valence-corrected chi connectivity index (χ1v) is 10.2. The molecule has 0 aliphatic rings. The quantitative estimate of drug-likeness (QED) is 0.584. The highest BCUT2D eigenvalue weighted by atomic mass is 32.2. The van der Waals surface area contributed by atoms with Gasteiger partial charge < -0.3 is 9.47 Å².